The van der Waals surface area contributed by atoms with Crippen LogP contribution in [-0.2, 0) is 61.1 Å². The molecule has 0 spiro atoms. The number of esters is 2. The first-order valence-corrected chi connectivity index (χ1v) is 17.0. The van der Waals surface area contributed by atoms with Crippen molar-refractivity contribution < 1.29 is 47.8 Å². The molecular formula is C41H44N3O9+. The van der Waals surface area contributed by atoms with E-state index in [1.165, 1.54) is 18.3 Å². The molecule has 2 atom stereocenters. The summed E-state index contributed by atoms with van der Waals surface area (Å²) < 4.78 is 23.1. The van der Waals surface area contributed by atoms with Crippen LogP contribution in [0, 0.1) is 0 Å². The lowest BCUT2D eigenvalue weighted by Gasteiger charge is -2.20. The number of hydrogen-bond donors (Lipinski definition) is 3. The second-order valence-electron chi connectivity index (χ2n) is 11.9. The maximum atomic E-state index is 13.2. The lowest BCUT2D eigenvalue weighted by Crippen LogP contribution is -2.44. The van der Waals surface area contributed by atoms with Crippen molar-refractivity contribution in [3.05, 3.63) is 157 Å². The summed E-state index contributed by atoms with van der Waals surface area (Å²) in [4.78, 5) is 52.1. The first kappa shape index (κ1) is 39.4. The molecule has 4 rings (SSSR count). The summed E-state index contributed by atoms with van der Waals surface area (Å²) in [6.07, 6.45) is 4.36. The molecule has 1 heterocycles. The van der Waals surface area contributed by atoms with E-state index in [9.17, 15) is 24.3 Å². The zero-order valence-corrected chi connectivity index (χ0v) is 29.4. The van der Waals surface area contributed by atoms with Crippen LogP contribution in [0.3, 0.4) is 0 Å². The van der Waals surface area contributed by atoms with Crippen LogP contribution in [0.2, 0.25) is 0 Å². The van der Waals surface area contributed by atoms with E-state index < -0.39 is 36.2 Å². The van der Waals surface area contributed by atoms with Crippen LogP contribution in [-0.4, -0.2) is 54.5 Å². The van der Waals surface area contributed by atoms with Crippen molar-refractivity contribution in [1.82, 2.24) is 10.6 Å². The Morgan fingerprint density at radius 3 is 1.64 bits per heavy atom. The van der Waals surface area contributed by atoms with Gasteiger partial charge in [0.15, 0.2) is 18.5 Å². The number of amides is 2. The van der Waals surface area contributed by atoms with Crippen LogP contribution < -0.4 is 15.2 Å². The van der Waals surface area contributed by atoms with E-state index in [1.807, 2.05) is 66.7 Å². The van der Waals surface area contributed by atoms with Crippen molar-refractivity contribution in [1.29, 1.82) is 0 Å². The number of hydrogen-bond acceptors (Lipinski definition) is 9. The topological polar surface area (TPSA) is 153 Å². The quantitative estimate of drug-likeness (QED) is 0.0510. The van der Waals surface area contributed by atoms with Crippen LogP contribution in [0.15, 0.2) is 129 Å². The van der Waals surface area contributed by atoms with Crippen molar-refractivity contribution in [3.63, 3.8) is 0 Å². The minimum absolute atomic E-state index is 0.0125. The fourth-order valence-electron chi connectivity index (χ4n) is 5.30. The number of aromatic nitrogens is 1. The first-order valence-electron chi connectivity index (χ1n) is 17.0. The Morgan fingerprint density at radius 1 is 0.660 bits per heavy atom. The predicted molar refractivity (Wildman–Crippen MR) is 195 cm³/mol. The second kappa shape index (κ2) is 21.1. The van der Waals surface area contributed by atoms with E-state index in [-0.39, 0.29) is 51.4 Å². The third kappa shape index (κ3) is 13.3. The van der Waals surface area contributed by atoms with Crippen LogP contribution in [0.4, 0.5) is 9.59 Å². The molecule has 53 heavy (non-hydrogen) atoms. The SMILES string of the molecule is C=CCOC(=O)[C@H](CCc1c[n+](Cc2ccccc2)cc(O)c1C[C@H](NC(=O)OCc1ccccc1)C(=O)OCC=C)NC(=O)OCc1ccccc1. The molecule has 2 amide bonds. The normalized spacial score (nSPS) is 11.6. The van der Waals surface area contributed by atoms with Crippen molar-refractivity contribution in [2.24, 2.45) is 0 Å². The lowest BCUT2D eigenvalue weighted by atomic mass is 9.96. The largest absolute Gasteiger partial charge is 0.503 e. The number of carbonyl (C=O) groups is 4. The Hall–Kier alpha value is -6.43. The Bertz CT molecular complexity index is 1820. The molecule has 0 unspecified atom stereocenters. The molecule has 0 bridgehead atoms. The summed E-state index contributed by atoms with van der Waals surface area (Å²) in [6, 6.07) is 25.3. The lowest BCUT2D eigenvalue weighted by molar-refractivity contribution is -0.689. The van der Waals surface area contributed by atoms with Gasteiger partial charge in [0.25, 0.3) is 0 Å². The number of alkyl carbamates (subject to hydrolysis) is 2. The van der Waals surface area contributed by atoms with Gasteiger partial charge in [-0.15, -0.1) is 0 Å². The van der Waals surface area contributed by atoms with Gasteiger partial charge in [-0.05, 0) is 24.0 Å². The molecule has 276 valence electrons. The van der Waals surface area contributed by atoms with Gasteiger partial charge in [-0.25, -0.2) is 19.2 Å². The molecule has 0 saturated carbocycles. The molecule has 1 aromatic heterocycles. The molecule has 3 N–H and O–H groups in total. The van der Waals surface area contributed by atoms with Gasteiger partial charge in [-0.3, -0.25) is 0 Å². The number of aromatic hydroxyl groups is 1. The van der Waals surface area contributed by atoms with Crippen molar-refractivity contribution in [3.8, 4) is 5.75 Å². The Labute approximate surface area is 308 Å². The zero-order valence-electron chi connectivity index (χ0n) is 29.4. The number of nitrogens with one attached hydrogen (secondary N) is 2. The Kier molecular flexibility index (Phi) is 15.6. The molecule has 3 aromatic carbocycles. The summed E-state index contributed by atoms with van der Waals surface area (Å²) in [5.74, 6) is -1.66. The zero-order chi connectivity index (χ0) is 37.8. The highest BCUT2D eigenvalue weighted by Gasteiger charge is 2.29. The molecule has 0 saturated heterocycles. The highest BCUT2D eigenvalue weighted by atomic mass is 16.6. The average molecular weight is 723 g/mol. The Morgan fingerprint density at radius 2 is 1.13 bits per heavy atom. The van der Waals surface area contributed by atoms with E-state index in [1.54, 1.807) is 35.0 Å². The number of aryl methyl sites for hydroxylation is 1. The van der Waals surface area contributed by atoms with Gasteiger partial charge in [0.2, 0.25) is 6.20 Å². The third-order valence-corrected chi connectivity index (χ3v) is 7.89. The third-order valence-electron chi connectivity index (χ3n) is 7.89. The fraction of sp³-hybridized carbons (Fsp3) is 0.244. The highest BCUT2D eigenvalue weighted by Crippen LogP contribution is 2.24. The molecule has 0 aliphatic rings. The van der Waals surface area contributed by atoms with Crippen molar-refractivity contribution >= 4 is 24.1 Å². The standard InChI is InChI=1S/C41H43N3O9/c1-3-22-50-38(46)35(42-40(48)52-28-31-16-10-6-11-17-31)21-20-33-26-44(25-30-14-8-5-9-15-30)27-37(45)34(33)24-36(39(47)51-23-4-2)43-41(49)53-29-32-18-12-7-13-19-32/h3-19,26-27,35-36H,1-2,20-25,28-29H2,(H2-,42,43,45,48,49)/p+1/t35-,36-/m0/s1. The summed E-state index contributed by atoms with van der Waals surface area (Å²) in [5, 5.41) is 16.6. The van der Waals surface area contributed by atoms with E-state index >= 15 is 0 Å². The number of benzene rings is 3. The van der Waals surface area contributed by atoms with Crippen molar-refractivity contribution in [2.45, 2.75) is 51.1 Å². The van der Waals surface area contributed by atoms with Crippen molar-refractivity contribution in [2.75, 3.05) is 13.2 Å². The number of rotatable bonds is 19. The van der Waals surface area contributed by atoms with Crippen LogP contribution in [0.1, 0.15) is 34.2 Å². The number of carbonyl (C=O) groups excluding carboxylic acids is 4. The van der Waals surface area contributed by atoms with Gasteiger partial charge in [0, 0.05) is 23.1 Å². The van der Waals surface area contributed by atoms with Gasteiger partial charge >= 0.3 is 24.1 Å². The minimum Gasteiger partial charge on any atom is -0.503 e. The van der Waals surface area contributed by atoms with E-state index in [4.69, 9.17) is 18.9 Å². The minimum atomic E-state index is -1.27. The van der Waals surface area contributed by atoms with Gasteiger partial charge < -0.3 is 34.7 Å². The maximum absolute atomic E-state index is 13.2. The molecular weight excluding hydrogens is 678 g/mol. The maximum Gasteiger partial charge on any atom is 0.408 e. The second-order valence-corrected chi connectivity index (χ2v) is 11.9. The first-order chi connectivity index (χ1) is 25.7. The monoisotopic (exact) mass is 722 g/mol. The molecule has 4 aromatic rings. The summed E-state index contributed by atoms with van der Waals surface area (Å²) >= 11 is 0. The Balaban J connectivity index is 1.60. The van der Waals surface area contributed by atoms with Crippen LogP contribution >= 0.6 is 0 Å². The summed E-state index contributed by atoms with van der Waals surface area (Å²) in [6.45, 7) is 7.32. The average Bonchev–Trinajstić information content (AvgIpc) is 3.17. The smallest absolute Gasteiger partial charge is 0.408 e. The van der Waals surface area contributed by atoms with Gasteiger partial charge in [-0.2, -0.15) is 4.57 Å². The highest BCUT2D eigenvalue weighted by molar-refractivity contribution is 5.82. The summed E-state index contributed by atoms with van der Waals surface area (Å²) in [7, 11) is 0. The molecule has 12 nitrogen and oxygen atoms in total. The van der Waals surface area contributed by atoms with Gasteiger partial charge in [-0.1, -0.05) is 116 Å². The van der Waals surface area contributed by atoms with E-state index in [0.29, 0.717) is 17.7 Å². The van der Waals surface area contributed by atoms with E-state index in [2.05, 4.69) is 23.8 Å². The predicted octanol–water partition coefficient (Wildman–Crippen LogP) is 5.25. The molecule has 12 heteroatoms. The number of ether oxygens (including phenoxy) is 4. The van der Waals surface area contributed by atoms with E-state index in [0.717, 1.165) is 16.7 Å². The molecule has 0 fully saturated rings. The van der Waals surface area contributed by atoms with Crippen LogP contribution in [0.5, 0.6) is 5.75 Å². The van der Waals surface area contributed by atoms with Crippen LogP contribution in [0.25, 0.3) is 0 Å². The number of nitrogens with zero attached hydrogens (tertiary/aromatic N) is 1. The summed E-state index contributed by atoms with van der Waals surface area (Å²) in [5.41, 5.74) is 3.31. The van der Waals surface area contributed by atoms with Gasteiger partial charge in [0.1, 0.15) is 38.5 Å². The fourth-order valence-corrected chi connectivity index (χ4v) is 5.30. The molecule has 0 aliphatic heterocycles. The number of pyridine rings is 1. The van der Waals surface area contributed by atoms with Gasteiger partial charge in [0.05, 0.1) is 0 Å². The molecule has 0 aliphatic carbocycles. The molecule has 0 radical (unpaired) electrons.